The highest BCUT2D eigenvalue weighted by Crippen LogP contribution is 2.18. The molecule has 2 heterocycles. The molecule has 4 heteroatoms. The number of rotatable bonds is 4. The Balaban J connectivity index is 1.75. The van der Waals surface area contributed by atoms with Crippen LogP contribution in [0, 0.1) is 6.92 Å². The molecule has 1 saturated heterocycles. The molecule has 3 nitrogen and oxygen atoms in total. The SMILES string of the molecule is Cc1cc(NCCC2CCCCO2)ncc1Br. The molecule has 17 heavy (non-hydrogen) atoms. The monoisotopic (exact) mass is 298 g/mol. The molecule has 1 atom stereocenters. The van der Waals surface area contributed by atoms with Gasteiger partial charge in [-0.1, -0.05) is 0 Å². The van der Waals surface area contributed by atoms with E-state index < -0.39 is 0 Å². The first-order valence-corrected chi connectivity index (χ1v) is 7.02. The number of nitrogens with one attached hydrogen (secondary N) is 1. The van der Waals surface area contributed by atoms with Crippen molar-refractivity contribution in [1.29, 1.82) is 0 Å². The quantitative estimate of drug-likeness (QED) is 0.923. The number of hydrogen-bond acceptors (Lipinski definition) is 3. The standard InChI is InChI=1S/C13H19BrN2O/c1-10-8-13(16-9-12(10)14)15-6-5-11-4-2-3-7-17-11/h8-9,11H,2-7H2,1H3,(H,15,16). The highest BCUT2D eigenvalue weighted by Gasteiger charge is 2.12. The van der Waals surface area contributed by atoms with Gasteiger partial charge in [0.1, 0.15) is 5.82 Å². The zero-order chi connectivity index (χ0) is 12.1. The summed E-state index contributed by atoms with van der Waals surface area (Å²) in [6.07, 6.45) is 7.07. The van der Waals surface area contributed by atoms with E-state index in [2.05, 4.69) is 39.2 Å². The van der Waals surface area contributed by atoms with Crippen molar-refractivity contribution in [2.24, 2.45) is 0 Å². The summed E-state index contributed by atoms with van der Waals surface area (Å²) in [5.74, 6) is 0.946. The van der Waals surface area contributed by atoms with Gasteiger partial charge in [-0.05, 0) is 60.2 Å². The minimum Gasteiger partial charge on any atom is -0.378 e. The molecule has 0 amide bonds. The lowest BCUT2D eigenvalue weighted by atomic mass is 10.1. The largest absolute Gasteiger partial charge is 0.378 e. The highest BCUT2D eigenvalue weighted by molar-refractivity contribution is 9.10. The topological polar surface area (TPSA) is 34.1 Å². The van der Waals surface area contributed by atoms with Crippen molar-refractivity contribution in [3.63, 3.8) is 0 Å². The van der Waals surface area contributed by atoms with Gasteiger partial charge < -0.3 is 10.1 Å². The molecule has 0 aromatic carbocycles. The van der Waals surface area contributed by atoms with E-state index in [9.17, 15) is 0 Å². The number of aromatic nitrogens is 1. The van der Waals surface area contributed by atoms with E-state index in [1.54, 1.807) is 0 Å². The van der Waals surface area contributed by atoms with Crippen molar-refractivity contribution in [3.05, 3.63) is 22.3 Å². The van der Waals surface area contributed by atoms with Crippen LogP contribution in [0.2, 0.25) is 0 Å². The maximum absolute atomic E-state index is 5.69. The van der Waals surface area contributed by atoms with Gasteiger partial charge in [0.15, 0.2) is 0 Å². The molecule has 0 saturated carbocycles. The smallest absolute Gasteiger partial charge is 0.126 e. The van der Waals surface area contributed by atoms with Crippen molar-refractivity contribution < 1.29 is 4.74 Å². The lowest BCUT2D eigenvalue weighted by Gasteiger charge is -2.22. The number of halogens is 1. The van der Waals surface area contributed by atoms with Crippen molar-refractivity contribution >= 4 is 21.7 Å². The van der Waals surface area contributed by atoms with Crippen LogP contribution >= 0.6 is 15.9 Å². The molecule has 1 unspecified atom stereocenters. The van der Waals surface area contributed by atoms with Crippen molar-refractivity contribution in [3.8, 4) is 0 Å². The number of hydrogen-bond donors (Lipinski definition) is 1. The van der Waals surface area contributed by atoms with Gasteiger partial charge in [0.05, 0.1) is 6.10 Å². The first-order chi connectivity index (χ1) is 8.25. The molecule has 1 aliphatic heterocycles. The second-order valence-electron chi connectivity index (χ2n) is 4.52. The van der Waals surface area contributed by atoms with E-state index in [1.807, 2.05) is 6.20 Å². The van der Waals surface area contributed by atoms with Crippen LogP contribution in [0.25, 0.3) is 0 Å². The van der Waals surface area contributed by atoms with Crippen LogP contribution in [-0.4, -0.2) is 24.2 Å². The average molecular weight is 299 g/mol. The fraction of sp³-hybridized carbons (Fsp3) is 0.615. The molecule has 94 valence electrons. The zero-order valence-corrected chi connectivity index (χ0v) is 11.8. The van der Waals surface area contributed by atoms with Gasteiger partial charge in [0.25, 0.3) is 0 Å². The maximum Gasteiger partial charge on any atom is 0.126 e. The third-order valence-electron chi connectivity index (χ3n) is 3.09. The Morgan fingerprint density at radius 3 is 3.12 bits per heavy atom. The van der Waals surface area contributed by atoms with Gasteiger partial charge in [0, 0.05) is 23.8 Å². The van der Waals surface area contributed by atoms with Crippen molar-refractivity contribution in [2.45, 2.75) is 38.7 Å². The summed E-state index contributed by atoms with van der Waals surface area (Å²) >= 11 is 3.45. The van der Waals surface area contributed by atoms with E-state index in [1.165, 1.54) is 24.8 Å². The minimum atomic E-state index is 0.438. The fourth-order valence-corrected chi connectivity index (χ4v) is 2.25. The summed E-state index contributed by atoms with van der Waals surface area (Å²) < 4.78 is 6.75. The molecule has 0 aliphatic carbocycles. The average Bonchev–Trinajstić information content (AvgIpc) is 2.35. The summed E-state index contributed by atoms with van der Waals surface area (Å²) in [4.78, 5) is 4.32. The number of ether oxygens (including phenoxy) is 1. The normalized spacial score (nSPS) is 20.2. The third-order valence-corrected chi connectivity index (χ3v) is 3.92. The Morgan fingerprint density at radius 1 is 1.53 bits per heavy atom. The molecular weight excluding hydrogens is 280 g/mol. The molecule has 1 fully saturated rings. The second kappa shape index (κ2) is 6.36. The second-order valence-corrected chi connectivity index (χ2v) is 5.38. The van der Waals surface area contributed by atoms with Crippen LogP contribution in [0.1, 0.15) is 31.2 Å². The molecule has 2 rings (SSSR count). The lowest BCUT2D eigenvalue weighted by Crippen LogP contribution is -2.22. The Morgan fingerprint density at radius 2 is 2.41 bits per heavy atom. The van der Waals surface area contributed by atoms with Gasteiger partial charge in [-0.15, -0.1) is 0 Å². The molecule has 0 bridgehead atoms. The number of aryl methyl sites for hydroxylation is 1. The summed E-state index contributed by atoms with van der Waals surface area (Å²) in [7, 11) is 0. The number of nitrogens with zero attached hydrogens (tertiary/aromatic N) is 1. The van der Waals surface area contributed by atoms with Crippen molar-refractivity contribution in [1.82, 2.24) is 4.98 Å². The van der Waals surface area contributed by atoms with Crippen LogP contribution in [0.4, 0.5) is 5.82 Å². The van der Waals surface area contributed by atoms with Gasteiger partial charge >= 0.3 is 0 Å². The Hall–Kier alpha value is -0.610. The number of anilines is 1. The number of pyridine rings is 1. The van der Waals surface area contributed by atoms with E-state index >= 15 is 0 Å². The van der Waals surface area contributed by atoms with Gasteiger partial charge in [-0.2, -0.15) is 0 Å². The molecule has 1 aromatic rings. The fourth-order valence-electron chi connectivity index (χ4n) is 2.03. The van der Waals surface area contributed by atoms with Gasteiger partial charge in [-0.3, -0.25) is 0 Å². The summed E-state index contributed by atoms with van der Waals surface area (Å²) in [6.45, 7) is 3.93. The van der Waals surface area contributed by atoms with Gasteiger partial charge in [-0.25, -0.2) is 4.98 Å². The van der Waals surface area contributed by atoms with Crippen molar-refractivity contribution in [2.75, 3.05) is 18.5 Å². The molecule has 1 aromatic heterocycles. The van der Waals surface area contributed by atoms with E-state index in [0.717, 1.165) is 29.9 Å². The van der Waals surface area contributed by atoms with E-state index in [-0.39, 0.29) is 0 Å². The molecule has 0 spiro atoms. The molecule has 1 N–H and O–H groups in total. The van der Waals surface area contributed by atoms with E-state index in [0.29, 0.717) is 6.10 Å². The molecular formula is C13H19BrN2O. The van der Waals surface area contributed by atoms with Crippen LogP contribution < -0.4 is 5.32 Å². The van der Waals surface area contributed by atoms with Crippen LogP contribution in [0.3, 0.4) is 0 Å². The maximum atomic E-state index is 5.69. The van der Waals surface area contributed by atoms with E-state index in [4.69, 9.17) is 4.74 Å². The van der Waals surface area contributed by atoms with Crippen LogP contribution in [-0.2, 0) is 4.74 Å². The molecule has 1 aliphatic rings. The predicted octanol–water partition coefficient (Wildman–Crippen LogP) is 3.52. The zero-order valence-electron chi connectivity index (χ0n) is 10.2. The first kappa shape index (κ1) is 12.8. The predicted molar refractivity (Wildman–Crippen MR) is 73.4 cm³/mol. The molecule has 0 radical (unpaired) electrons. The first-order valence-electron chi connectivity index (χ1n) is 6.23. The lowest BCUT2D eigenvalue weighted by molar-refractivity contribution is 0.0134. The van der Waals surface area contributed by atoms with Gasteiger partial charge in [0.2, 0.25) is 0 Å². The Bertz CT molecular complexity index is 364. The third kappa shape index (κ3) is 3.96. The summed E-state index contributed by atoms with van der Waals surface area (Å²) in [5.41, 5.74) is 1.21. The highest BCUT2D eigenvalue weighted by atomic mass is 79.9. The van der Waals surface area contributed by atoms with Crippen LogP contribution in [0.15, 0.2) is 16.7 Å². The summed E-state index contributed by atoms with van der Waals surface area (Å²) in [6, 6.07) is 2.06. The Kier molecular flexibility index (Phi) is 4.80. The Labute approximate surface area is 111 Å². The minimum absolute atomic E-state index is 0.438. The summed E-state index contributed by atoms with van der Waals surface area (Å²) in [5, 5.41) is 3.35. The van der Waals surface area contributed by atoms with Crippen LogP contribution in [0.5, 0.6) is 0 Å².